The van der Waals surface area contributed by atoms with Crippen LogP contribution in [0.5, 0.6) is 5.75 Å². The fraction of sp³-hybridized carbons (Fsp3) is 0.143. The molecule has 1 heterocycles. The highest BCUT2D eigenvalue weighted by Crippen LogP contribution is 2.16. The van der Waals surface area contributed by atoms with Crippen LogP contribution >= 0.6 is 0 Å². The first-order valence-corrected chi connectivity index (χ1v) is 5.44. The van der Waals surface area contributed by atoms with Gasteiger partial charge in [0.15, 0.2) is 5.75 Å². The van der Waals surface area contributed by atoms with Crippen molar-refractivity contribution >= 4 is 10.9 Å². The third-order valence-electron chi connectivity index (χ3n) is 2.64. The summed E-state index contributed by atoms with van der Waals surface area (Å²) in [5.41, 5.74) is 1.07. The lowest BCUT2D eigenvalue weighted by Crippen LogP contribution is -2.12. The maximum Gasteiger partial charge on any atom is 0.231 e. The summed E-state index contributed by atoms with van der Waals surface area (Å²) in [6, 6.07) is 7.02. The van der Waals surface area contributed by atoms with Gasteiger partial charge in [-0.15, -0.1) is 0 Å². The third kappa shape index (κ3) is 1.98. The fourth-order valence-corrected chi connectivity index (χ4v) is 1.77. The smallest absolute Gasteiger partial charge is 0.231 e. The monoisotopic (exact) mass is 240 g/mol. The van der Waals surface area contributed by atoms with E-state index in [1.165, 1.54) is 0 Å². The number of rotatable bonds is 3. The van der Waals surface area contributed by atoms with E-state index in [4.69, 9.17) is 10.00 Å². The van der Waals surface area contributed by atoms with Gasteiger partial charge in [0.1, 0.15) is 6.61 Å². The van der Waals surface area contributed by atoms with Gasteiger partial charge in [-0.25, -0.2) is 0 Å². The minimum absolute atomic E-state index is 0.172. The van der Waals surface area contributed by atoms with Crippen LogP contribution < -0.4 is 10.2 Å². The van der Waals surface area contributed by atoms with E-state index in [1.807, 2.05) is 7.05 Å². The standard InChI is InChI=1S/C14H12N2O2/c1-3-6-18-13-9-16(2)12-7-10(8-15)4-5-11(12)14(13)17/h3-5,7,9H,1,6H2,2H3. The minimum Gasteiger partial charge on any atom is -0.484 e. The normalized spacial score (nSPS) is 10.0. The van der Waals surface area contributed by atoms with Crippen molar-refractivity contribution in [3.05, 3.63) is 52.8 Å². The average molecular weight is 240 g/mol. The zero-order valence-electron chi connectivity index (χ0n) is 10.0. The second-order valence-electron chi connectivity index (χ2n) is 3.88. The van der Waals surface area contributed by atoms with Crippen LogP contribution in [0.4, 0.5) is 0 Å². The van der Waals surface area contributed by atoms with Crippen molar-refractivity contribution in [3.8, 4) is 11.8 Å². The van der Waals surface area contributed by atoms with Crippen LogP contribution in [0.2, 0.25) is 0 Å². The van der Waals surface area contributed by atoms with Crippen molar-refractivity contribution in [2.24, 2.45) is 7.05 Å². The van der Waals surface area contributed by atoms with E-state index in [-0.39, 0.29) is 17.8 Å². The van der Waals surface area contributed by atoms with E-state index in [0.29, 0.717) is 16.5 Å². The number of hydrogen-bond acceptors (Lipinski definition) is 3. The van der Waals surface area contributed by atoms with Gasteiger partial charge in [-0.05, 0) is 18.2 Å². The molecule has 1 aromatic heterocycles. The van der Waals surface area contributed by atoms with E-state index in [1.54, 1.807) is 35.0 Å². The first kappa shape index (κ1) is 11.9. The summed E-state index contributed by atoms with van der Waals surface area (Å²) in [5, 5.41) is 9.39. The molecule has 1 aromatic carbocycles. The Hall–Kier alpha value is -2.54. The van der Waals surface area contributed by atoms with E-state index in [9.17, 15) is 4.79 Å². The first-order valence-electron chi connectivity index (χ1n) is 5.44. The van der Waals surface area contributed by atoms with Crippen LogP contribution in [0.15, 0.2) is 41.8 Å². The summed E-state index contributed by atoms with van der Waals surface area (Å²) in [5.74, 6) is 0.287. The first-order chi connectivity index (χ1) is 8.67. The van der Waals surface area contributed by atoms with Gasteiger partial charge < -0.3 is 9.30 Å². The second-order valence-corrected chi connectivity index (χ2v) is 3.88. The Morgan fingerprint density at radius 3 is 3.00 bits per heavy atom. The molecule has 0 atom stereocenters. The third-order valence-corrected chi connectivity index (χ3v) is 2.64. The molecular weight excluding hydrogens is 228 g/mol. The lowest BCUT2D eigenvalue weighted by molar-refractivity contribution is 0.357. The summed E-state index contributed by atoms with van der Waals surface area (Å²) >= 11 is 0. The maximum absolute atomic E-state index is 12.1. The predicted octanol–water partition coefficient (Wildman–Crippen LogP) is 1.97. The highest BCUT2D eigenvalue weighted by molar-refractivity contribution is 5.81. The molecule has 0 N–H and O–H groups in total. The molecule has 90 valence electrons. The molecule has 0 unspecified atom stereocenters. The van der Waals surface area contributed by atoms with Gasteiger partial charge in [0.2, 0.25) is 5.43 Å². The van der Waals surface area contributed by atoms with Crippen LogP contribution in [-0.2, 0) is 7.05 Å². The van der Waals surface area contributed by atoms with Gasteiger partial charge in [0.25, 0.3) is 0 Å². The number of aromatic nitrogens is 1. The van der Waals surface area contributed by atoms with E-state index < -0.39 is 0 Å². The Kier molecular flexibility index (Phi) is 3.16. The summed E-state index contributed by atoms with van der Waals surface area (Å²) in [6.45, 7) is 3.83. The SMILES string of the molecule is C=CCOc1cn(C)c2cc(C#N)ccc2c1=O. The van der Waals surface area contributed by atoms with Gasteiger partial charge in [-0.3, -0.25) is 4.79 Å². The van der Waals surface area contributed by atoms with Crippen molar-refractivity contribution < 1.29 is 4.74 Å². The number of fused-ring (bicyclic) bond motifs is 1. The Morgan fingerprint density at radius 1 is 1.56 bits per heavy atom. The molecule has 0 aliphatic heterocycles. The molecular formula is C14H12N2O2. The van der Waals surface area contributed by atoms with Crippen molar-refractivity contribution in [2.45, 2.75) is 0 Å². The van der Waals surface area contributed by atoms with Gasteiger partial charge in [0, 0.05) is 12.4 Å². The molecule has 0 saturated carbocycles. The molecule has 0 radical (unpaired) electrons. The fourth-order valence-electron chi connectivity index (χ4n) is 1.77. The molecule has 4 nitrogen and oxygen atoms in total. The lowest BCUT2D eigenvalue weighted by atomic mass is 10.1. The summed E-state index contributed by atoms with van der Waals surface area (Å²) in [4.78, 5) is 12.1. The highest BCUT2D eigenvalue weighted by Gasteiger charge is 2.08. The number of nitrogens with zero attached hydrogens (tertiary/aromatic N) is 2. The molecule has 0 fully saturated rings. The van der Waals surface area contributed by atoms with Crippen LogP contribution in [0.25, 0.3) is 10.9 Å². The topological polar surface area (TPSA) is 55.0 Å². The van der Waals surface area contributed by atoms with Crippen molar-refractivity contribution in [2.75, 3.05) is 6.61 Å². The van der Waals surface area contributed by atoms with Crippen LogP contribution in [-0.4, -0.2) is 11.2 Å². The predicted molar refractivity (Wildman–Crippen MR) is 69.6 cm³/mol. The number of pyridine rings is 1. The number of ether oxygens (including phenoxy) is 1. The molecule has 4 heteroatoms. The summed E-state index contributed by atoms with van der Waals surface area (Å²) in [6.07, 6.45) is 3.21. The van der Waals surface area contributed by atoms with Crippen LogP contribution in [0.1, 0.15) is 5.56 Å². The Balaban J connectivity index is 2.68. The van der Waals surface area contributed by atoms with Crippen molar-refractivity contribution in [1.29, 1.82) is 5.26 Å². The Labute approximate surface area is 104 Å². The number of nitriles is 1. The van der Waals surface area contributed by atoms with Gasteiger partial charge >= 0.3 is 0 Å². The quantitative estimate of drug-likeness (QED) is 0.771. The number of benzene rings is 1. The van der Waals surface area contributed by atoms with E-state index >= 15 is 0 Å². The maximum atomic E-state index is 12.1. The molecule has 0 amide bonds. The summed E-state index contributed by atoms with van der Waals surface area (Å²) in [7, 11) is 1.81. The second kappa shape index (κ2) is 4.76. The Morgan fingerprint density at radius 2 is 2.33 bits per heavy atom. The van der Waals surface area contributed by atoms with Gasteiger partial charge in [0.05, 0.1) is 23.3 Å². The molecule has 0 aliphatic rings. The van der Waals surface area contributed by atoms with Crippen molar-refractivity contribution in [1.82, 2.24) is 4.57 Å². The van der Waals surface area contributed by atoms with Crippen LogP contribution in [0, 0.1) is 11.3 Å². The average Bonchev–Trinajstić information content (AvgIpc) is 2.40. The minimum atomic E-state index is -0.172. The molecule has 2 aromatic rings. The molecule has 0 bridgehead atoms. The van der Waals surface area contributed by atoms with Crippen LogP contribution in [0.3, 0.4) is 0 Å². The molecule has 18 heavy (non-hydrogen) atoms. The van der Waals surface area contributed by atoms with Gasteiger partial charge in [-0.1, -0.05) is 12.7 Å². The Bertz CT molecular complexity index is 708. The van der Waals surface area contributed by atoms with E-state index in [0.717, 1.165) is 0 Å². The molecule has 2 rings (SSSR count). The number of hydrogen-bond donors (Lipinski definition) is 0. The highest BCUT2D eigenvalue weighted by atomic mass is 16.5. The van der Waals surface area contributed by atoms with Crippen molar-refractivity contribution in [3.63, 3.8) is 0 Å². The molecule has 0 spiro atoms. The largest absolute Gasteiger partial charge is 0.484 e. The summed E-state index contributed by atoms with van der Waals surface area (Å²) < 4.78 is 7.09. The van der Waals surface area contributed by atoms with E-state index in [2.05, 4.69) is 12.6 Å². The molecule has 0 saturated heterocycles. The lowest BCUT2D eigenvalue weighted by Gasteiger charge is -2.09. The molecule has 0 aliphatic carbocycles. The van der Waals surface area contributed by atoms with Gasteiger partial charge in [-0.2, -0.15) is 5.26 Å². The zero-order valence-corrected chi connectivity index (χ0v) is 10.0. The number of aryl methyl sites for hydroxylation is 1. The zero-order chi connectivity index (χ0) is 13.1.